The lowest BCUT2D eigenvalue weighted by atomic mass is 10.0. The van der Waals surface area contributed by atoms with E-state index in [-0.39, 0.29) is 5.78 Å². The molecule has 1 heterocycles. The molecule has 4 rings (SSSR count). The van der Waals surface area contributed by atoms with Crippen LogP contribution < -0.4 is 19.9 Å². The maximum atomic E-state index is 13.1. The number of hydrogen-bond donors (Lipinski definition) is 1. The molecule has 0 radical (unpaired) electrons. The van der Waals surface area contributed by atoms with Crippen molar-refractivity contribution in [1.82, 2.24) is 4.90 Å². The highest BCUT2D eigenvalue weighted by Gasteiger charge is 2.36. The zero-order chi connectivity index (χ0) is 19.7. The molecular weight excluding hydrogens is 356 g/mol. The Morgan fingerprint density at radius 1 is 1.04 bits per heavy atom. The molecule has 0 spiro atoms. The number of fused-ring (bicyclic) bond motifs is 3. The van der Waals surface area contributed by atoms with E-state index in [1.165, 1.54) is 12.8 Å². The van der Waals surface area contributed by atoms with Crippen LogP contribution in [0.15, 0.2) is 24.3 Å². The van der Waals surface area contributed by atoms with Gasteiger partial charge in [-0.2, -0.15) is 0 Å². The summed E-state index contributed by atoms with van der Waals surface area (Å²) in [5.74, 6) is 1.60. The van der Waals surface area contributed by atoms with E-state index in [1.54, 1.807) is 13.2 Å². The number of nitrogens with two attached hydrogens (primary N) is 1. The second-order valence-corrected chi connectivity index (χ2v) is 7.08. The van der Waals surface area contributed by atoms with Gasteiger partial charge in [0.2, 0.25) is 0 Å². The standard InChI is InChI=1S/C22H26N2O4/c1-3-27-17-13-16(26-2)19-18-14(22(25)20(19)21(17)23)7-6-8-15(18)28-12-11-24-9-4-5-10-24/h6-8,13H,3-5,9-12,23H2,1-2H3. The molecular formula is C22H26N2O4. The summed E-state index contributed by atoms with van der Waals surface area (Å²) >= 11 is 0. The fourth-order valence-electron chi connectivity index (χ4n) is 4.09. The Bertz CT molecular complexity index is 904. The largest absolute Gasteiger partial charge is 0.496 e. The second kappa shape index (κ2) is 7.72. The van der Waals surface area contributed by atoms with Crippen LogP contribution in [0.2, 0.25) is 0 Å². The number of nitrogens with zero attached hydrogens (tertiary/aromatic N) is 1. The number of ketones is 1. The molecule has 2 N–H and O–H groups in total. The van der Waals surface area contributed by atoms with Gasteiger partial charge in [-0.25, -0.2) is 0 Å². The predicted molar refractivity (Wildman–Crippen MR) is 109 cm³/mol. The van der Waals surface area contributed by atoms with Gasteiger partial charge in [-0.05, 0) is 38.9 Å². The topological polar surface area (TPSA) is 74.0 Å². The zero-order valence-electron chi connectivity index (χ0n) is 16.4. The molecule has 1 saturated heterocycles. The summed E-state index contributed by atoms with van der Waals surface area (Å²) in [5.41, 5.74) is 9.13. The van der Waals surface area contributed by atoms with Crippen LogP contribution in [-0.2, 0) is 0 Å². The van der Waals surface area contributed by atoms with Crippen molar-refractivity contribution in [1.29, 1.82) is 0 Å². The molecule has 0 bridgehead atoms. The molecule has 0 atom stereocenters. The van der Waals surface area contributed by atoms with Gasteiger partial charge < -0.3 is 19.9 Å². The Morgan fingerprint density at radius 2 is 1.82 bits per heavy atom. The SMILES string of the molecule is CCOc1cc(OC)c2c(c1N)C(=O)c1cccc(OCCN3CCCC3)c1-2. The number of rotatable bonds is 7. The maximum Gasteiger partial charge on any atom is 0.196 e. The number of nitrogen functional groups attached to an aromatic ring is 1. The summed E-state index contributed by atoms with van der Waals surface area (Å²) in [6, 6.07) is 7.31. The summed E-state index contributed by atoms with van der Waals surface area (Å²) in [4.78, 5) is 15.5. The van der Waals surface area contributed by atoms with E-state index in [4.69, 9.17) is 19.9 Å². The summed E-state index contributed by atoms with van der Waals surface area (Å²) in [5, 5.41) is 0. The summed E-state index contributed by atoms with van der Waals surface area (Å²) < 4.78 is 17.3. The van der Waals surface area contributed by atoms with E-state index in [0.29, 0.717) is 52.8 Å². The van der Waals surface area contributed by atoms with Crippen LogP contribution >= 0.6 is 0 Å². The fraction of sp³-hybridized carbons (Fsp3) is 0.409. The van der Waals surface area contributed by atoms with Crippen molar-refractivity contribution in [3.05, 3.63) is 35.4 Å². The molecule has 1 aliphatic heterocycles. The van der Waals surface area contributed by atoms with E-state index in [9.17, 15) is 4.79 Å². The number of anilines is 1. The molecule has 6 heteroatoms. The van der Waals surface area contributed by atoms with E-state index in [0.717, 1.165) is 25.2 Å². The first-order chi connectivity index (χ1) is 13.7. The molecule has 0 saturated carbocycles. The van der Waals surface area contributed by atoms with Crippen molar-refractivity contribution in [3.63, 3.8) is 0 Å². The van der Waals surface area contributed by atoms with Gasteiger partial charge in [0.25, 0.3) is 0 Å². The molecule has 6 nitrogen and oxygen atoms in total. The monoisotopic (exact) mass is 382 g/mol. The van der Waals surface area contributed by atoms with Crippen LogP contribution in [0, 0.1) is 0 Å². The summed E-state index contributed by atoms with van der Waals surface area (Å²) in [6.07, 6.45) is 2.50. The number of carbonyl (C=O) groups excluding carboxylic acids is 1. The lowest BCUT2D eigenvalue weighted by Crippen LogP contribution is -2.25. The van der Waals surface area contributed by atoms with Gasteiger partial charge in [0, 0.05) is 29.3 Å². The molecule has 1 aliphatic carbocycles. The quantitative estimate of drug-likeness (QED) is 0.632. The first-order valence-corrected chi connectivity index (χ1v) is 9.82. The Labute approximate surface area is 165 Å². The van der Waals surface area contributed by atoms with Crippen LogP contribution in [0.1, 0.15) is 35.7 Å². The molecule has 2 aromatic rings. The Hall–Kier alpha value is -2.73. The zero-order valence-corrected chi connectivity index (χ0v) is 16.4. The maximum absolute atomic E-state index is 13.1. The molecule has 2 aromatic carbocycles. The molecule has 1 fully saturated rings. The minimum atomic E-state index is -0.118. The fourth-order valence-corrected chi connectivity index (χ4v) is 4.09. The second-order valence-electron chi connectivity index (χ2n) is 7.08. The van der Waals surface area contributed by atoms with E-state index < -0.39 is 0 Å². The number of likely N-dealkylation sites (tertiary alicyclic amines) is 1. The van der Waals surface area contributed by atoms with Gasteiger partial charge in [0.1, 0.15) is 23.9 Å². The molecule has 2 aliphatic rings. The minimum Gasteiger partial charge on any atom is -0.496 e. The van der Waals surface area contributed by atoms with Gasteiger partial charge in [0.05, 0.1) is 25.0 Å². The molecule has 148 valence electrons. The third-order valence-electron chi connectivity index (χ3n) is 5.42. The smallest absolute Gasteiger partial charge is 0.196 e. The Balaban J connectivity index is 1.72. The average molecular weight is 382 g/mol. The summed E-state index contributed by atoms with van der Waals surface area (Å²) in [7, 11) is 1.58. The lowest BCUT2D eigenvalue weighted by molar-refractivity contribution is 0.104. The van der Waals surface area contributed by atoms with E-state index in [2.05, 4.69) is 4.90 Å². The van der Waals surface area contributed by atoms with Gasteiger partial charge in [-0.3, -0.25) is 9.69 Å². The van der Waals surface area contributed by atoms with Crippen LogP contribution in [0.3, 0.4) is 0 Å². The van der Waals surface area contributed by atoms with Crippen molar-refractivity contribution < 1.29 is 19.0 Å². The summed E-state index contributed by atoms with van der Waals surface area (Å²) in [6.45, 7) is 6.05. The molecule has 0 unspecified atom stereocenters. The highest BCUT2D eigenvalue weighted by Crippen LogP contribution is 2.51. The first-order valence-electron chi connectivity index (χ1n) is 9.82. The lowest BCUT2D eigenvalue weighted by Gasteiger charge is -2.18. The van der Waals surface area contributed by atoms with Gasteiger partial charge >= 0.3 is 0 Å². The van der Waals surface area contributed by atoms with Crippen LogP contribution in [0.25, 0.3) is 11.1 Å². The van der Waals surface area contributed by atoms with Crippen LogP contribution in [0.4, 0.5) is 5.69 Å². The van der Waals surface area contributed by atoms with Crippen molar-refractivity contribution in [3.8, 4) is 28.4 Å². The van der Waals surface area contributed by atoms with Gasteiger partial charge in [-0.1, -0.05) is 12.1 Å². The van der Waals surface area contributed by atoms with Gasteiger partial charge in [0.15, 0.2) is 5.78 Å². The predicted octanol–water partition coefficient (Wildman–Crippen LogP) is 3.36. The highest BCUT2D eigenvalue weighted by atomic mass is 16.5. The molecule has 0 amide bonds. The third-order valence-corrected chi connectivity index (χ3v) is 5.42. The highest BCUT2D eigenvalue weighted by molar-refractivity contribution is 6.26. The number of benzene rings is 2. The van der Waals surface area contributed by atoms with Crippen molar-refractivity contribution in [2.75, 3.05) is 45.7 Å². The van der Waals surface area contributed by atoms with E-state index >= 15 is 0 Å². The van der Waals surface area contributed by atoms with Crippen LogP contribution in [0.5, 0.6) is 17.2 Å². The number of ether oxygens (including phenoxy) is 3. The van der Waals surface area contributed by atoms with Crippen molar-refractivity contribution in [2.45, 2.75) is 19.8 Å². The normalized spacial score (nSPS) is 15.4. The van der Waals surface area contributed by atoms with Crippen molar-refractivity contribution in [2.24, 2.45) is 0 Å². The molecule has 0 aromatic heterocycles. The molecule has 28 heavy (non-hydrogen) atoms. The Kier molecular flexibility index (Phi) is 5.13. The number of carbonyl (C=O) groups is 1. The first kappa shape index (κ1) is 18.6. The number of hydrogen-bond acceptors (Lipinski definition) is 6. The third kappa shape index (κ3) is 3.07. The van der Waals surface area contributed by atoms with Crippen molar-refractivity contribution >= 4 is 11.5 Å². The minimum absolute atomic E-state index is 0.118. The number of methoxy groups -OCH3 is 1. The Morgan fingerprint density at radius 3 is 2.54 bits per heavy atom. The van der Waals surface area contributed by atoms with Crippen LogP contribution in [-0.4, -0.2) is 50.6 Å². The van der Waals surface area contributed by atoms with Gasteiger partial charge in [-0.15, -0.1) is 0 Å². The van der Waals surface area contributed by atoms with E-state index in [1.807, 2.05) is 25.1 Å². The average Bonchev–Trinajstić information content (AvgIpc) is 3.32.